The summed E-state index contributed by atoms with van der Waals surface area (Å²) in [6, 6.07) is 11.9. The van der Waals surface area contributed by atoms with Gasteiger partial charge in [-0.3, -0.25) is 0 Å². The highest BCUT2D eigenvalue weighted by Crippen LogP contribution is 2.28. The molecule has 2 aromatic heterocycles. The van der Waals surface area contributed by atoms with Crippen molar-refractivity contribution in [3.05, 3.63) is 54.0 Å². The van der Waals surface area contributed by atoms with Crippen LogP contribution in [0.3, 0.4) is 0 Å². The highest BCUT2D eigenvalue weighted by molar-refractivity contribution is 5.87. The summed E-state index contributed by atoms with van der Waals surface area (Å²) in [7, 11) is 0. The van der Waals surface area contributed by atoms with Gasteiger partial charge in [-0.25, -0.2) is 9.37 Å². The van der Waals surface area contributed by atoms with E-state index in [1.54, 1.807) is 13.0 Å². The molecule has 4 aromatic rings. The maximum Gasteiger partial charge on any atom is 0.138 e. The standard InChI is InChI=1S/C25H29FN4/c1-17-21(26)7-8-22-24(17)29-25(28-22)20-6-5-19-11-15-30(23(19)16-20)14-3-2-4-18-9-12-27-13-10-18/h5-8,11,15-16,18,27H,2-4,9-10,12-14H2,1H3,(H,28,29). The number of aryl methyl sites for hydroxylation is 2. The number of hydrogen-bond acceptors (Lipinski definition) is 2. The van der Waals surface area contributed by atoms with E-state index in [0.717, 1.165) is 29.4 Å². The third-order valence-electron chi connectivity index (χ3n) is 6.61. The summed E-state index contributed by atoms with van der Waals surface area (Å²) in [6.07, 6.45) is 8.70. The second-order valence-electron chi connectivity index (χ2n) is 8.63. The molecule has 5 rings (SSSR count). The smallest absolute Gasteiger partial charge is 0.138 e. The molecule has 0 spiro atoms. The van der Waals surface area contributed by atoms with E-state index in [0.29, 0.717) is 11.1 Å². The SMILES string of the molecule is Cc1c(F)ccc2[nH]c(-c3ccc4ccn(CCCCC5CCNCC5)c4c3)nc12. The monoisotopic (exact) mass is 404 g/mol. The first-order chi connectivity index (χ1) is 14.7. The molecule has 2 N–H and O–H groups in total. The lowest BCUT2D eigenvalue weighted by Crippen LogP contribution is -2.27. The first-order valence-electron chi connectivity index (χ1n) is 11.1. The third-order valence-corrected chi connectivity index (χ3v) is 6.61. The Labute approximate surface area is 176 Å². The van der Waals surface area contributed by atoms with Crippen LogP contribution >= 0.6 is 0 Å². The average Bonchev–Trinajstić information content (AvgIpc) is 3.39. The molecule has 1 aliphatic heterocycles. The number of fused-ring (bicyclic) bond motifs is 2. The van der Waals surface area contributed by atoms with Gasteiger partial charge in [0.2, 0.25) is 0 Å². The minimum atomic E-state index is -0.214. The molecule has 3 heterocycles. The van der Waals surface area contributed by atoms with Gasteiger partial charge < -0.3 is 14.9 Å². The lowest BCUT2D eigenvalue weighted by Gasteiger charge is -2.22. The second kappa shape index (κ2) is 8.23. The summed E-state index contributed by atoms with van der Waals surface area (Å²) in [5, 5.41) is 4.70. The highest BCUT2D eigenvalue weighted by atomic mass is 19.1. The number of halogens is 1. The molecule has 1 aliphatic rings. The summed E-state index contributed by atoms with van der Waals surface area (Å²) in [4.78, 5) is 8.03. The van der Waals surface area contributed by atoms with Crippen LogP contribution in [0.1, 0.15) is 37.7 Å². The fourth-order valence-corrected chi connectivity index (χ4v) is 4.74. The van der Waals surface area contributed by atoms with Crippen molar-refractivity contribution in [3.8, 4) is 11.4 Å². The Balaban J connectivity index is 1.33. The number of aromatic nitrogens is 3. The maximum atomic E-state index is 13.9. The third kappa shape index (κ3) is 3.74. The van der Waals surface area contributed by atoms with Crippen molar-refractivity contribution in [2.45, 2.75) is 45.6 Å². The summed E-state index contributed by atoms with van der Waals surface area (Å²) >= 11 is 0. The molecule has 1 fully saturated rings. The van der Waals surface area contributed by atoms with Gasteiger partial charge in [-0.1, -0.05) is 25.0 Å². The van der Waals surface area contributed by atoms with E-state index in [-0.39, 0.29) is 5.82 Å². The minimum Gasteiger partial charge on any atom is -0.347 e. The number of nitrogens with one attached hydrogen (secondary N) is 2. The molecule has 4 nitrogen and oxygen atoms in total. The van der Waals surface area contributed by atoms with Crippen molar-refractivity contribution in [2.75, 3.05) is 13.1 Å². The van der Waals surface area contributed by atoms with Crippen LogP contribution in [0.5, 0.6) is 0 Å². The van der Waals surface area contributed by atoms with E-state index in [4.69, 9.17) is 0 Å². The molecule has 1 saturated heterocycles. The quantitative estimate of drug-likeness (QED) is 0.399. The zero-order chi connectivity index (χ0) is 20.5. The van der Waals surface area contributed by atoms with E-state index < -0.39 is 0 Å². The maximum absolute atomic E-state index is 13.9. The van der Waals surface area contributed by atoms with E-state index in [9.17, 15) is 4.39 Å². The second-order valence-corrected chi connectivity index (χ2v) is 8.63. The van der Waals surface area contributed by atoms with Crippen molar-refractivity contribution in [3.63, 3.8) is 0 Å². The molecule has 0 unspecified atom stereocenters. The largest absolute Gasteiger partial charge is 0.347 e. The topological polar surface area (TPSA) is 45.6 Å². The molecule has 5 heteroatoms. The fourth-order valence-electron chi connectivity index (χ4n) is 4.74. The van der Waals surface area contributed by atoms with Crippen LogP contribution in [0.15, 0.2) is 42.6 Å². The molecular formula is C25H29FN4. The Morgan fingerprint density at radius 3 is 2.83 bits per heavy atom. The Kier molecular flexibility index (Phi) is 5.30. The van der Waals surface area contributed by atoms with Crippen molar-refractivity contribution < 1.29 is 4.39 Å². The summed E-state index contributed by atoms with van der Waals surface area (Å²) in [5.74, 6) is 1.48. The van der Waals surface area contributed by atoms with Crippen LogP contribution in [0, 0.1) is 18.7 Å². The molecule has 0 saturated carbocycles. The van der Waals surface area contributed by atoms with Gasteiger partial charge in [0.1, 0.15) is 11.6 Å². The molecule has 0 aliphatic carbocycles. The van der Waals surface area contributed by atoms with Crippen LogP contribution in [0.4, 0.5) is 4.39 Å². The summed E-state index contributed by atoms with van der Waals surface area (Å²) < 4.78 is 16.2. The number of rotatable bonds is 6. The number of imidazole rings is 1. The van der Waals surface area contributed by atoms with Crippen molar-refractivity contribution in [1.82, 2.24) is 19.9 Å². The number of H-pyrrole nitrogens is 1. The van der Waals surface area contributed by atoms with E-state index >= 15 is 0 Å². The summed E-state index contributed by atoms with van der Waals surface area (Å²) in [6.45, 7) is 5.19. The molecular weight excluding hydrogens is 375 g/mol. The van der Waals surface area contributed by atoms with Gasteiger partial charge in [-0.2, -0.15) is 0 Å². The lowest BCUT2D eigenvalue weighted by molar-refractivity contribution is 0.341. The van der Waals surface area contributed by atoms with Crippen molar-refractivity contribution in [1.29, 1.82) is 0 Å². The fraction of sp³-hybridized carbons (Fsp3) is 0.400. The van der Waals surface area contributed by atoms with Crippen molar-refractivity contribution >= 4 is 21.9 Å². The molecule has 0 amide bonds. The zero-order valence-corrected chi connectivity index (χ0v) is 17.5. The Bertz CT molecular complexity index is 1170. The first kappa shape index (κ1) is 19.3. The Hall–Kier alpha value is -2.66. The predicted octanol–water partition coefficient (Wildman–Crippen LogP) is 5.80. The predicted molar refractivity (Wildman–Crippen MR) is 121 cm³/mol. The van der Waals surface area contributed by atoms with E-state index in [2.05, 4.69) is 50.3 Å². The number of aromatic amines is 1. The number of nitrogens with zero attached hydrogens (tertiary/aromatic N) is 2. The van der Waals surface area contributed by atoms with Gasteiger partial charge >= 0.3 is 0 Å². The highest BCUT2D eigenvalue weighted by Gasteiger charge is 2.13. The van der Waals surface area contributed by atoms with Crippen LogP contribution < -0.4 is 5.32 Å². The van der Waals surface area contributed by atoms with Crippen LogP contribution in [0.25, 0.3) is 33.3 Å². The van der Waals surface area contributed by atoms with Gasteiger partial charge in [0.25, 0.3) is 0 Å². The number of unbranched alkanes of at least 4 members (excludes halogenated alkanes) is 1. The molecule has 0 radical (unpaired) electrons. The molecule has 30 heavy (non-hydrogen) atoms. The lowest BCUT2D eigenvalue weighted by atomic mass is 9.92. The summed E-state index contributed by atoms with van der Waals surface area (Å²) in [5.41, 5.74) is 4.44. The normalized spacial score (nSPS) is 15.4. The van der Waals surface area contributed by atoms with E-state index in [1.165, 1.54) is 62.2 Å². The van der Waals surface area contributed by atoms with Gasteiger partial charge in [0, 0.05) is 29.4 Å². The van der Waals surface area contributed by atoms with Crippen LogP contribution in [-0.2, 0) is 6.54 Å². The van der Waals surface area contributed by atoms with Crippen molar-refractivity contribution in [2.24, 2.45) is 5.92 Å². The number of piperidine rings is 1. The number of benzene rings is 2. The van der Waals surface area contributed by atoms with Crippen LogP contribution in [0.2, 0.25) is 0 Å². The minimum absolute atomic E-state index is 0.214. The Morgan fingerprint density at radius 2 is 1.97 bits per heavy atom. The molecule has 156 valence electrons. The van der Waals surface area contributed by atoms with Gasteiger partial charge in [0.15, 0.2) is 0 Å². The van der Waals surface area contributed by atoms with Crippen LogP contribution in [-0.4, -0.2) is 27.6 Å². The number of hydrogen-bond donors (Lipinski definition) is 2. The molecule has 2 aromatic carbocycles. The molecule has 0 bridgehead atoms. The van der Waals surface area contributed by atoms with Gasteiger partial charge in [-0.15, -0.1) is 0 Å². The molecule has 0 atom stereocenters. The van der Waals surface area contributed by atoms with Gasteiger partial charge in [-0.05, 0) is 74.8 Å². The Morgan fingerprint density at radius 1 is 1.10 bits per heavy atom. The average molecular weight is 405 g/mol. The first-order valence-corrected chi connectivity index (χ1v) is 11.1. The van der Waals surface area contributed by atoms with E-state index in [1.807, 2.05) is 0 Å². The van der Waals surface area contributed by atoms with Gasteiger partial charge in [0.05, 0.1) is 11.0 Å². The zero-order valence-electron chi connectivity index (χ0n) is 17.5.